The Labute approximate surface area is 197 Å². The van der Waals surface area contributed by atoms with Crippen LogP contribution in [0.5, 0.6) is 0 Å². The van der Waals surface area contributed by atoms with Gasteiger partial charge in [-0.05, 0) is 31.5 Å². The van der Waals surface area contributed by atoms with E-state index in [1.807, 2.05) is 33.8 Å². The molecule has 1 heterocycles. The van der Waals surface area contributed by atoms with Crippen LogP contribution in [0, 0.1) is 16.7 Å². The molecule has 0 fully saturated rings. The quantitative estimate of drug-likeness (QED) is 0.574. The van der Waals surface area contributed by atoms with Crippen molar-refractivity contribution in [3.8, 4) is 6.07 Å². The molecule has 0 atom stereocenters. The molecule has 0 bridgehead atoms. The highest BCUT2D eigenvalue weighted by atomic mass is 32.1. The number of aromatic nitrogens is 1. The fourth-order valence-electron chi connectivity index (χ4n) is 2.76. The first-order valence-electron chi connectivity index (χ1n) is 10.8. The number of thiazole rings is 1. The number of carbonyl (C=O) groups excluding carboxylic acids is 2. The lowest BCUT2D eigenvalue weighted by Crippen LogP contribution is -2.33. The maximum Gasteiger partial charge on any atom is 0.351 e. The van der Waals surface area contributed by atoms with E-state index in [0.717, 1.165) is 24.2 Å². The van der Waals surface area contributed by atoms with E-state index < -0.39 is 11.4 Å². The predicted octanol–water partition coefficient (Wildman–Crippen LogP) is 2.78. The third-order valence-corrected chi connectivity index (χ3v) is 5.75. The Morgan fingerprint density at radius 1 is 1.24 bits per heavy atom. The number of hydrogen-bond acceptors (Lipinski definition) is 7. The molecular weight excluding hydrogens is 440 g/mol. The molecule has 0 spiro atoms. The Balaban J connectivity index is 2.47. The number of amides is 1. The lowest BCUT2D eigenvalue weighted by Gasteiger charge is -2.18. The summed E-state index contributed by atoms with van der Waals surface area (Å²) in [6.07, 6.45) is 3.13. The second-order valence-corrected chi connectivity index (χ2v) is 9.39. The molecule has 8 nitrogen and oxygen atoms in total. The Morgan fingerprint density at radius 3 is 2.55 bits per heavy atom. The van der Waals surface area contributed by atoms with Gasteiger partial charge in [-0.3, -0.25) is 14.2 Å². The van der Waals surface area contributed by atoms with E-state index in [1.165, 1.54) is 4.57 Å². The van der Waals surface area contributed by atoms with E-state index >= 15 is 0 Å². The number of nitrogens with zero attached hydrogens (tertiary/aromatic N) is 2. The molecule has 0 aliphatic rings. The summed E-state index contributed by atoms with van der Waals surface area (Å²) in [4.78, 5) is 37.5. The summed E-state index contributed by atoms with van der Waals surface area (Å²) < 4.78 is 7.08. The summed E-state index contributed by atoms with van der Waals surface area (Å²) in [7, 11) is 0. The Bertz CT molecular complexity index is 1230. The first-order chi connectivity index (χ1) is 15.6. The molecule has 1 aromatic carbocycles. The summed E-state index contributed by atoms with van der Waals surface area (Å²) in [5, 5.41) is 15.5. The standard InChI is InChI=1S/C24H30N4O4S/c1-6-8-12-28-20(29)19(33-21(28)18(14-25)22(30)32-7-2)15-26-16-10-9-11-17(13-16)27-23(31)24(3,4)5/h9-11,13,15,26H,6-8,12H2,1-5H3,(H,27,31). The number of nitriles is 1. The molecule has 9 heteroatoms. The van der Waals surface area contributed by atoms with Crippen LogP contribution >= 0.6 is 11.3 Å². The van der Waals surface area contributed by atoms with Crippen LogP contribution in [0.4, 0.5) is 11.4 Å². The highest BCUT2D eigenvalue weighted by molar-refractivity contribution is 7.07. The zero-order valence-electron chi connectivity index (χ0n) is 19.7. The molecule has 1 amide bonds. The molecule has 0 unspecified atom stereocenters. The average Bonchev–Trinajstić information content (AvgIpc) is 3.06. The number of benzene rings is 1. The molecular formula is C24H30N4O4S. The van der Waals surface area contributed by atoms with Gasteiger partial charge in [0.25, 0.3) is 5.56 Å². The largest absolute Gasteiger partial charge is 0.462 e. The topological polar surface area (TPSA) is 113 Å². The van der Waals surface area contributed by atoms with Crippen molar-refractivity contribution in [3.05, 3.63) is 43.8 Å². The first-order valence-corrected chi connectivity index (χ1v) is 11.6. The molecule has 0 saturated carbocycles. The van der Waals surface area contributed by atoms with Gasteiger partial charge < -0.3 is 15.4 Å². The van der Waals surface area contributed by atoms with Gasteiger partial charge in [-0.25, -0.2) is 4.79 Å². The van der Waals surface area contributed by atoms with Crippen LogP contribution in [-0.2, 0) is 20.9 Å². The number of anilines is 2. The third kappa shape index (κ3) is 6.80. The molecule has 0 radical (unpaired) electrons. The zero-order chi connectivity index (χ0) is 24.6. The van der Waals surface area contributed by atoms with Crippen LogP contribution in [0.25, 0.3) is 11.8 Å². The fraction of sp³-hybridized carbons (Fsp3) is 0.417. The van der Waals surface area contributed by atoms with Gasteiger partial charge in [0.05, 0.1) is 6.61 Å². The van der Waals surface area contributed by atoms with Crippen molar-refractivity contribution < 1.29 is 14.3 Å². The highest BCUT2D eigenvalue weighted by Crippen LogP contribution is 2.20. The van der Waals surface area contributed by atoms with Gasteiger partial charge in [0.15, 0.2) is 5.57 Å². The maximum absolute atomic E-state index is 13.0. The zero-order valence-corrected chi connectivity index (χ0v) is 20.5. The molecule has 176 valence electrons. The third-order valence-electron chi connectivity index (χ3n) is 4.62. The van der Waals surface area contributed by atoms with E-state index in [1.54, 1.807) is 37.4 Å². The SMILES string of the molecule is CCCCn1c(=C(C#N)C(=O)OCC)sc(=CNc2cccc(NC(=O)C(C)(C)C)c2)c1=O. The second-order valence-electron chi connectivity index (χ2n) is 8.36. The number of esters is 1. The van der Waals surface area contributed by atoms with E-state index in [2.05, 4.69) is 10.6 Å². The number of ether oxygens (including phenoxy) is 1. The number of nitrogens with one attached hydrogen (secondary N) is 2. The van der Waals surface area contributed by atoms with Gasteiger partial charge in [-0.2, -0.15) is 5.26 Å². The van der Waals surface area contributed by atoms with Crippen molar-refractivity contribution in [2.75, 3.05) is 17.2 Å². The minimum Gasteiger partial charge on any atom is -0.462 e. The minimum absolute atomic E-state index is 0.108. The number of carbonyl (C=O) groups is 2. The summed E-state index contributed by atoms with van der Waals surface area (Å²) in [5.41, 5.74) is 0.307. The Hall–Kier alpha value is -3.38. The molecule has 0 aliphatic heterocycles. The first kappa shape index (κ1) is 25.9. The molecule has 2 aromatic rings. The Kier molecular flexibility index (Phi) is 9.00. The van der Waals surface area contributed by atoms with Gasteiger partial charge in [-0.15, -0.1) is 11.3 Å². The summed E-state index contributed by atoms with van der Waals surface area (Å²) in [6.45, 7) is 9.69. The average molecular weight is 471 g/mol. The van der Waals surface area contributed by atoms with Crippen LogP contribution in [0.15, 0.2) is 29.1 Å². The van der Waals surface area contributed by atoms with Crippen LogP contribution in [0.1, 0.15) is 47.5 Å². The minimum atomic E-state index is -0.742. The van der Waals surface area contributed by atoms with E-state index in [9.17, 15) is 19.6 Å². The van der Waals surface area contributed by atoms with Gasteiger partial charge >= 0.3 is 5.97 Å². The van der Waals surface area contributed by atoms with Crippen molar-refractivity contribution in [1.29, 1.82) is 5.26 Å². The normalized spacial score (nSPS) is 12.7. The van der Waals surface area contributed by atoms with Crippen molar-refractivity contribution >= 4 is 46.4 Å². The smallest absolute Gasteiger partial charge is 0.351 e. The van der Waals surface area contributed by atoms with Gasteiger partial charge in [-0.1, -0.05) is 40.2 Å². The molecule has 2 rings (SSSR count). The molecule has 0 aliphatic carbocycles. The Morgan fingerprint density at radius 2 is 1.94 bits per heavy atom. The number of rotatable bonds is 8. The molecule has 1 aromatic heterocycles. The van der Waals surface area contributed by atoms with Crippen LogP contribution in [0.2, 0.25) is 0 Å². The molecule has 33 heavy (non-hydrogen) atoms. The second kappa shape index (κ2) is 11.5. The van der Waals surface area contributed by atoms with Crippen LogP contribution in [-0.4, -0.2) is 23.1 Å². The van der Waals surface area contributed by atoms with Crippen molar-refractivity contribution in [2.24, 2.45) is 5.41 Å². The van der Waals surface area contributed by atoms with Crippen molar-refractivity contribution in [3.63, 3.8) is 0 Å². The highest BCUT2D eigenvalue weighted by Gasteiger charge is 2.21. The fourth-order valence-corrected chi connectivity index (χ4v) is 3.80. The number of unbranched alkanes of at least 4 members (excludes halogenated alkanes) is 1. The van der Waals surface area contributed by atoms with Crippen molar-refractivity contribution in [2.45, 2.75) is 54.0 Å². The van der Waals surface area contributed by atoms with Crippen LogP contribution < -0.4 is 25.4 Å². The lowest BCUT2D eigenvalue weighted by molar-refractivity contribution is -0.136. The summed E-state index contributed by atoms with van der Waals surface area (Å²) >= 11 is 1.06. The van der Waals surface area contributed by atoms with E-state index in [-0.39, 0.29) is 28.3 Å². The summed E-state index contributed by atoms with van der Waals surface area (Å²) in [6, 6.07) is 9.02. The summed E-state index contributed by atoms with van der Waals surface area (Å²) in [5.74, 6) is -0.850. The predicted molar refractivity (Wildman–Crippen MR) is 131 cm³/mol. The lowest BCUT2D eigenvalue weighted by atomic mass is 9.95. The van der Waals surface area contributed by atoms with Gasteiger partial charge in [0, 0.05) is 29.5 Å². The van der Waals surface area contributed by atoms with E-state index in [0.29, 0.717) is 22.5 Å². The maximum atomic E-state index is 13.0. The monoisotopic (exact) mass is 470 g/mol. The van der Waals surface area contributed by atoms with E-state index in [4.69, 9.17) is 4.74 Å². The molecule has 2 N–H and O–H groups in total. The van der Waals surface area contributed by atoms with Crippen molar-refractivity contribution in [1.82, 2.24) is 4.57 Å². The van der Waals surface area contributed by atoms with Gasteiger partial charge in [0.1, 0.15) is 15.3 Å². The number of hydrogen-bond donors (Lipinski definition) is 2. The van der Waals surface area contributed by atoms with Gasteiger partial charge in [0.2, 0.25) is 5.91 Å². The van der Waals surface area contributed by atoms with Crippen LogP contribution in [0.3, 0.4) is 0 Å². The molecule has 0 saturated heterocycles.